The van der Waals surface area contributed by atoms with Crippen LogP contribution in [0.4, 0.5) is 0 Å². The normalized spacial score (nSPS) is 14.1. The third-order valence-electron chi connectivity index (χ3n) is 8.11. The van der Waals surface area contributed by atoms with Gasteiger partial charge in [0.25, 0.3) is 5.91 Å². The van der Waals surface area contributed by atoms with E-state index in [9.17, 15) is 9.90 Å². The number of phenols is 1. The zero-order valence-corrected chi connectivity index (χ0v) is 24.6. The van der Waals surface area contributed by atoms with Crippen molar-refractivity contribution in [2.24, 2.45) is 0 Å². The van der Waals surface area contributed by atoms with Gasteiger partial charge >= 0.3 is 0 Å². The number of rotatable bonds is 11. The lowest BCUT2D eigenvalue weighted by Crippen LogP contribution is -2.41. The second-order valence-electron chi connectivity index (χ2n) is 11.1. The van der Waals surface area contributed by atoms with Crippen molar-refractivity contribution in [3.05, 3.63) is 138 Å². The molecule has 1 aromatic heterocycles. The molecule has 0 aliphatic carbocycles. The Balaban J connectivity index is 1.05. The number of piperidine rings is 1. The summed E-state index contributed by atoms with van der Waals surface area (Å²) >= 11 is 0. The number of ether oxygens (including phenoxy) is 2. The van der Waals surface area contributed by atoms with Crippen LogP contribution in [0.15, 0.2) is 116 Å². The molecule has 0 saturated carbocycles. The van der Waals surface area contributed by atoms with Crippen molar-refractivity contribution in [2.45, 2.75) is 31.7 Å². The Hall–Kier alpha value is -4.72. The van der Waals surface area contributed by atoms with E-state index in [-0.39, 0.29) is 30.5 Å². The van der Waals surface area contributed by atoms with Gasteiger partial charge in [0.2, 0.25) is 0 Å². The third-order valence-corrected chi connectivity index (χ3v) is 8.11. The number of hydrogen-bond acceptors (Lipinski definition) is 6. The van der Waals surface area contributed by atoms with E-state index in [4.69, 9.17) is 9.47 Å². The summed E-state index contributed by atoms with van der Waals surface area (Å²) in [6.07, 6.45) is 5.36. The molecule has 6 rings (SSSR count). The second kappa shape index (κ2) is 14.2. The van der Waals surface area contributed by atoms with Gasteiger partial charge in [-0.1, -0.05) is 84.9 Å². The van der Waals surface area contributed by atoms with Crippen LogP contribution in [0.5, 0.6) is 11.5 Å². The number of carbonyl (C=O) groups is 1. The Bertz CT molecular complexity index is 1620. The lowest BCUT2D eigenvalue weighted by molar-refractivity contribution is -0.0267. The number of fused-ring (bicyclic) bond motifs is 1. The number of aromatic nitrogens is 1. The summed E-state index contributed by atoms with van der Waals surface area (Å²) in [5.41, 5.74) is 3.59. The highest BCUT2D eigenvalue weighted by atomic mass is 16.5. The summed E-state index contributed by atoms with van der Waals surface area (Å²) in [6.45, 7) is 3.28. The number of nitrogens with one attached hydrogen (secondary N) is 1. The number of nitrogens with zero attached hydrogens (tertiary/aromatic N) is 2. The molecule has 1 saturated heterocycles. The molecule has 0 bridgehead atoms. The SMILES string of the molecule is O=C(NCCN1CCC(OC(c2ccccc2)c2ccccc2)CC1)c1ccc2cccc(O)c2c1OCc1cccnc1. The number of amides is 1. The molecule has 0 spiro atoms. The number of benzene rings is 4. The number of pyridine rings is 1. The lowest BCUT2D eigenvalue weighted by atomic mass is 10.00. The lowest BCUT2D eigenvalue weighted by Gasteiger charge is -2.34. The molecule has 44 heavy (non-hydrogen) atoms. The first-order valence-corrected chi connectivity index (χ1v) is 15.2. The van der Waals surface area contributed by atoms with E-state index in [1.807, 2.05) is 36.4 Å². The first-order valence-electron chi connectivity index (χ1n) is 15.2. The zero-order chi connectivity index (χ0) is 30.1. The minimum absolute atomic E-state index is 0.0743. The Morgan fingerprint density at radius 2 is 1.61 bits per heavy atom. The van der Waals surface area contributed by atoms with Gasteiger partial charge in [0, 0.05) is 44.1 Å². The van der Waals surface area contributed by atoms with E-state index < -0.39 is 0 Å². The van der Waals surface area contributed by atoms with Crippen LogP contribution < -0.4 is 10.1 Å². The topological polar surface area (TPSA) is 83.9 Å². The van der Waals surface area contributed by atoms with Gasteiger partial charge in [-0.25, -0.2) is 0 Å². The number of carbonyl (C=O) groups excluding carboxylic acids is 1. The van der Waals surface area contributed by atoms with Crippen molar-refractivity contribution < 1.29 is 19.4 Å². The standard InChI is InChI=1S/C37H37N3O4/c41-33-15-7-14-28-16-17-32(36(34(28)33)43-26-27-9-8-20-38-25-27)37(42)39-21-24-40-22-18-31(19-23-40)44-35(29-10-3-1-4-11-29)30-12-5-2-6-13-30/h1-17,20,25,31,35,41H,18-19,21-24,26H2,(H,39,42). The maximum Gasteiger partial charge on any atom is 0.255 e. The summed E-state index contributed by atoms with van der Waals surface area (Å²) in [5, 5.41) is 15.1. The summed E-state index contributed by atoms with van der Waals surface area (Å²) in [6, 6.07) is 33.4. The minimum Gasteiger partial charge on any atom is -0.507 e. The fourth-order valence-electron chi connectivity index (χ4n) is 5.78. The van der Waals surface area contributed by atoms with Crippen LogP contribution in [0.3, 0.4) is 0 Å². The molecule has 2 N–H and O–H groups in total. The minimum atomic E-state index is -0.233. The van der Waals surface area contributed by atoms with Gasteiger partial charge in [-0.2, -0.15) is 0 Å². The quantitative estimate of drug-likeness (QED) is 0.183. The number of likely N-dealkylation sites (tertiary alicyclic amines) is 1. The number of aromatic hydroxyl groups is 1. The molecule has 1 fully saturated rings. The fraction of sp³-hybridized carbons (Fsp3) is 0.243. The summed E-state index contributed by atoms with van der Waals surface area (Å²) in [7, 11) is 0. The maximum atomic E-state index is 13.4. The molecule has 7 nitrogen and oxygen atoms in total. The van der Waals surface area contributed by atoms with Crippen molar-refractivity contribution in [1.82, 2.24) is 15.2 Å². The molecule has 2 heterocycles. The average molecular weight is 588 g/mol. The van der Waals surface area contributed by atoms with E-state index in [0.29, 0.717) is 23.2 Å². The Labute approximate surface area is 258 Å². The van der Waals surface area contributed by atoms with Gasteiger partial charge in [-0.15, -0.1) is 0 Å². The van der Waals surface area contributed by atoms with Crippen LogP contribution >= 0.6 is 0 Å². The number of phenolic OH excluding ortho intramolecular Hbond substituents is 1. The van der Waals surface area contributed by atoms with Gasteiger partial charge < -0.3 is 24.8 Å². The van der Waals surface area contributed by atoms with Crippen molar-refractivity contribution >= 4 is 16.7 Å². The predicted molar refractivity (Wildman–Crippen MR) is 172 cm³/mol. The molecule has 1 aliphatic rings. The highest BCUT2D eigenvalue weighted by Gasteiger charge is 2.25. The molecule has 4 aromatic carbocycles. The first-order chi connectivity index (χ1) is 21.7. The van der Waals surface area contributed by atoms with Crippen molar-refractivity contribution in [3.8, 4) is 11.5 Å². The predicted octanol–water partition coefficient (Wildman–Crippen LogP) is 6.52. The monoisotopic (exact) mass is 587 g/mol. The molecule has 5 aromatic rings. The van der Waals surface area contributed by atoms with Crippen molar-refractivity contribution in [2.75, 3.05) is 26.2 Å². The van der Waals surface area contributed by atoms with Crippen LogP contribution in [0, 0.1) is 0 Å². The average Bonchev–Trinajstić information content (AvgIpc) is 3.08. The summed E-state index contributed by atoms with van der Waals surface area (Å²) in [4.78, 5) is 19.9. The molecule has 0 atom stereocenters. The van der Waals surface area contributed by atoms with Crippen LogP contribution in [-0.2, 0) is 11.3 Å². The Morgan fingerprint density at radius 3 is 2.30 bits per heavy atom. The Kier molecular flexibility index (Phi) is 9.45. The van der Waals surface area contributed by atoms with Gasteiger partial charge in [0.1, 0.15) is 24.2 Å². The van der Waals surface area contributed by atoms with Gasteiger partial charge in [-0.05, 0) is 47.6 Å². The van der Waals surface area contributed by atoms with Crippen LogP contribution in [0.25, 0.3) is 10.8 Å². The molecular formula is C37H37N3O4. The van der Waals surface area contributed by atoms with E-state index in [2.05, 4.69) is 63.7 Å². The zero-order valence-electron chi connectivity index (χ0n) is 24.6. The highest BCUT2D eigenvalue weighted by molar-refractivity contribution is 6.05. The molecule has 1 amide bonds. The highest BCUT2D eigenvalue weighted by Crippen LogP contribution is 2.37. The van der Waals surface area contributed by atoms with E-state index >= 15 is 0 Å². The van der Waals surface area contributed by atoms with Crippen molar-refractivity contribution in [3.63, 3.8) is 0 Å². The number of hydrogen-bond donors (Lipinski definition) is 2. The van der Waals surface area contributed by atoms with Crippen LogP contribution in [0.2, 0.25) is 0 Å². The molecule has 1 aliphatic heterocycles. The third kappa shape index (κ3) is 7.08. The van der Waals surface area contributed by atoms with Gasteiger partial charge in [0.15, 0.2) is 0 Å². The largest absolute Gasteiger partial charge is 0.507 e. The van der Waals surface area contributed by atoms with Crippen LogP contribution in [0.1, 0.15) is 46.0 Å². The van der Waals surface area contributed by atoms with E-state index in [1.54, 1.807) is 30.6 Å². The van der Waals surface area contributed by atoms with Gasteiger partial charge in [-0.3, -0.25) is 9.78 Å². The van der Waals surface area contributed by atoms with Crippen LogP contribution in [-0.4, -0.2) is 53.2 Å². The van der Waals surface area contributed by atoms with Gasteiger partial charge in [0.05, 0.1) is 17.1 Å². The molecule has 0 unspecified atom stereocenters. The van der Waals surface area contributed by atoms with E-state index in [1.165, 1.54) is 0 Å². The smallest absolute Gasteiger partial charge is 0.255 e. The maximum absolute atomic E-state index is 13.4. The van der Waals surface area contributed by atoms with E-state index in [0.717, 1.165) is 54.6 Å². The fourth-order valence-corrected chi connectivity index (χ4v) is 5.78. The summed E-state index contributed by atoms with van der Waals surface area (Å²) in [5.74, 6) is 0.208. The summed E-state index contributed by atoms with van der Waals surface area (Å²) < 4.78 is 12.8. The Morgan fingerprint density at radius 1 is 0.886 bits per heavy atom. The van der Waals surface area contributed by atoms with Crippen molar-refractivity contribution in [1.29, 1.82) is 0 Å². The second-order valence-corrected chi connectivity index (χ2v) is 11.1. The first kappa shape index (κ1) is 29.4. The molecule has 7 heteroatoms. The molecule has 0 radical (unpaired) electrons. The molecule has 224 valence electrons. The molecular weight excluding hydrogens is 550 g/mol.